The van der Waals surface area contributed by atoms with Crippen LogP contribution in [0.25, 0.3) is 0 Å². The molecule has 74 valence electrons. The van der Waals surface area contributed by atoms with E-state index >= 15 is 0 Å². The van der Waals surface area contributed by atoms with Crippen molar-refractivity contribution < 1.29 is 9.53 Å². The summed E-state index contributed by atoms with van der Waals surface area (Å²) in [5.74, 6) is 0.288. The summed E-state index contributed by atoms with van der Waals surface area (Å²) in [4.78, 5) is 15.3. The van der Waals surface area contributed by atoms with Crippen LogP contribution in [-0.4, -0.2) is 17.4 Å². The van der Waals surface area contributed by atoms with Gasteiger partial charge >= 0.3 is 0 Å². The quantitative estimate of drug-likeness (QED) is 0.679. The molecule has 3 heteroatoms. The van der Waals surface area contributed by atoms with Crippen LogP contribution in [0.4, 0.5) is 0 Å². The minimum absolute atomic E-state index is 0.0575. The SMILES string of the molecule is Cc1cc(C2CC(=O)CCO2)ccn1. The molecule has 0 aliphatic carbocycles. The zero-order valence-corrected chi connectivity index (χ0v) is 8.19. The van der Waals surface area contributed by atoms with E-state index < -0.39 is 0 Å². The molecule has 1 saturated heterocycles. The van der Waals surface area contributed by atoms with Gasteiger partial charge in [0.05, 0.1) is 12.7 Å². The number of aryl methyl sites for hydroxylation is 1. The maximum absolute atomic E-state index is 11.2. The van der Waals surface area contributed by atoms with Gasteiger partial charge in [-0.3, -0.25) is 9.78 Å². The van der Waals surface area contributed by atoms with E-state index in [1.807, 2.05) is 19.1 Å². The summed E-state index contributed by atoms with van der Waals surface area (Å²) in [6.07, 6.45) is 2.76. The fourth-order valence-electron chi connectivity index (χ4n) is 1.66. The van der Waals surface area contributed by atoms with Gasteiger partial charge in [-0.25, -0.2) is 0 Å². The van der Waals surface area contributed by atoms with Gasteiger partial charge in [-0.15, -0.1) is 0 Å². The van der Waals surface area contributed by atoms with Crippen molar-refractivity contribution >= 4 is 5.78 Å². The van der Waals surface area contributed by atoms with Crippen molar-refractivity contribution in [1.29, 1.82) is 0 Å². The summed E-state index contributed by atoms with van der Waals surface area (Å²) in [7, 11) is 0. The van der Waals surface area contributed by atoms with E-state index in [-0.39, 0.29) is 11.9 Å². The lowest BCUT2D eigenvalue weighted by Crippen LogP contribution is -2.19. The topological polar surface area (TPSA) is 39.2 Å². The highest BCUT2D eigenvalue weighted by Crippen LogP contribution is 2.25. The van der Waals surface area contributed by atoms with Crippen LogP contribution in [0, 0.1) is 6.92 Å². The van der Waals surface area contributed by atoms with Crippen LogP contribution in [0.1, 0.15) is 30.2 Å². The average molecular weight is 191 g/mol. The normalized spacial score (nSPS) is 22.4. The molecule has 14 heavy (non-hydrogen) atoms. The van der Waals surface area contributed by atoms with Gasteiger partial charge in [-0.05, 0) is 24.6 Å². The van der Waals surface area contributed by atoms with E-state index in [9.17, 15) is 4.79 Å². The number of ketones is 1. The van der Waals surface area contributed by atoms with Crippen LogP contribution in [-0.2, 0) is 9.53 Å². The summed E-state index contributed by atoms with van der Waals surface area (Å²) in [6.45, 7) is 2.49. The number of carbonyl (C=O) groups is 1. The average Bonchev–Trinajstić information content (AvgIpc) is 2.18. The molecule has 0 saturated carbocycles. The summed E-state index contributed by atoms with van der Waals surface area (Å²) in [5.41, 5.74) is 2.02. The smallest absolute Gasteiger partial charge is 0.138 e. The summed E-state index contributed by atoms with van der Waals surface area (Å²) in [6, 6.07) is 3.89. The number of hydrogen-bond donors (Lipinski definition) is 0. The second kappa shape index (κ2) is 3.88. The Kier molecular flexibility index (Phi) is 2.59. The first-order valence-electron chi connectivity index (χ1n) is 4.81. The molecule has 0 bridgehead atoms. The van der Waals surface area contributed by atoms with Crippen molar-refractivity contribution in [2.24, 2.45) is 0 Å². The number of Topliss-reactive ketones (excluding diaryl/α,β-unsaturated/α-hetero) is 1. The molecule has 1 aromatic rings. The fraction of sp³-hybridized carbons (Fsp3) is 0.455. The maximum Gasteiger partial charge on any atom is 0.138 e. The molecule has 1 aliphatic rings. The van der Waals surface area contributed by atoms with Gasteiger partial charge < -0.3 is 4.74 Å². The third-order valence-electron chi connectivity index (χ3n) is 2.41. The number of rotatable bonds is 1. The third-order valence-corrected chi connectivity index (χ3v) is 2.41. The number of ether oxygens (including phenoxy) is 1. The van der Waals surface area contributed by atoms with Crippen LogP contribution >= 0.6 is 0 Å². The predicted octanol–water partition coefficient (Wildman–Crippen LogP) is 1.81. The van der Waals surface area contributed by atoms with Gasteiger partial charge in [-0.2, -0.15) is 0 Å². The fourth-order valence-corrected chi connectivity index (χ4v) is 1.66. The molecular weight excluding hydrogens is 178 g/mol. The second-order valence-corrected chi connectivity index (χ2v) is 3.58. The Morgan fingerprint density at radius 3 is 3.14 bits per heavy atom. The molecule has 0 spiro atoms. The van der Waals surface area contributed by atoms with E-state index in [4.69, 9.17) is 4.74 Å². The van der Waals surface area contributed by atoms with Crippen LogP contribution in [0.15, 0.2) is 18.3 Å². The molecule has 0 radical (unpaired) electrons. The van der Waals surface area contributed by atoms with Gasteiger partial charge in [0.2, 0.25) is 0 Å². The Labute approximate surface area is 83.1 Å². The van der Waals surface area contributed by atoms with Crippen molar-refractivity contribution in [2.45, 2.75) is 25.9 Å². The molecule has 0 aromatic carbocycles. The molecule has 0 N–H and O–H groups in total. The predicted molar refractivity (Wildman–Crippen MR) is 51.9 cm³/mol. The molecule has 1 unspecified atom stereocenters. The Morgan fingerprint density at radius 2 is 2.43 bits per heavy atom. The maximum atomic E-state index is 11.2. The highest BCUT2D eigenvalue weighted by Gasteiger charge is 2.21. The molecule has 3 nitrogen and oxygen atoms in total. The van der Waals surface area contributed by atoms with Crippen molar-refractivity contribution in [3.63, 3.8) is 0 Å². The van der Waals surface area contributed by atoms with E-state index in [1.54, 1.807) is 6.20 Å². The van der Waals surface area contributed by atoms with Crippen molar-refractivity contribution in [2.75, 3.05) is 6.61 Å². The lowest BCUT2D eigenvalue weighted by atomic mass is 10.0. The number of nitrogens with zero attached hydrogens (tertiary/aromatic N) is 1. The second-order valence-electron chi connectivity index (χ2n) is 3.58. The number of hydrogen-bond acceptors (Lipinski definition) is 3. The largest absolute Gasteiger partial charge is 0.373 e. The van der Waals surface area contributed by atoms with E-state index in [0.717, 1.165) is 11.3 Å². The summed E-state index contributed by atoms with van der Waals surface area (Å²) in [5, 5.41) is 0. The first-order chi connectivity index (χ1) is 6.75. The zero-order chi connectivity index (χ0) is 9.97. The zero-order valence-electron chi connectivity index (χ0n) is 8.19. The molecule has 1 aromatic heterocycles. The molecule has 2 rings (SSSR count). The molecule has 1 atom stereocenters. The first kappa shape index (κ1) is 9.34. The molecule has 1 aliphatic heterocycles. The van der Waals surface area contributed by atoms with Crippen LogP contribution in [0.2, 0.25) is 0 Å². The minimum atomic E-state index is -0.0575. The number of carbonyl (C=O) groups excluding carboxylic acids is 1. The van der Waals surface area contributed by atoms with Crippen LogP contribution in [0.3, 0.4) is 0 Å². The highest BCUT2D eigenvalue weighted by atomic mass is 16.5. The molecule has 1 fully saturated rings. The highest BCUT2D eigenvalue weighted by molar-refractivity contribution is 5.79. The molecule has 2 heterocycles. The van der Waals surface area contributed by atoms with Gasteiger partial charge in [-0.1, -0.05) is 0 Å². The third kappa shape index (κ3) is 1.99. The molecule has 0 amide bonds. The Morgan fingerprint density at radius 1 is 1.57 bits per heavy atom. The van der Waals surface area contributed by atoms with Gasteiger partial charge in [0.25, 0.3) is 0 Å². The minimum Gasteiger partial charge on any atom is -0.373 e. The first-order valence-corrected chi connectivity index (χ1v) is 4.81. The van der Waals surface area contributed by atoms with Crippen molar-refractivity contribution in [3.05, 3.63) is 29.6 Å². The van der Waals surface area contributed by atoms with Gasteiger partial charge in [0, 0.05) is 24.7 Å². The summed E-state index contributed by atoms with van der Waals surface area (Å²) < 4.78 is 5.54. The Bertz CT molecular complexity index is 349. The van der Waals surface area contributed by atoms with E-state index in [0.29, 0.717) is 19.4 Å². The summed E-state index contributed by atoms with van der Waals surface area (Å²) >= 11 is 0. The van der Waals surface area contributed by atoms with E-state index in [2.05, 4.69) is 4.98 Å². The number of aromatic nitrogens is 1. The number of pyridine rings is 1. The lowest BCUT2D eigenvalue weighted by Gasteiger charge is -2.22. The van der Waals surface area contributed by atoms with Gasteiger partial charge in [0.1, 0.15) is 5.78 Å². The van der Waals surface area contributed by atoms with Crippen molar-refractivity contribution in [1.82, 2.24) is 4.98 Å². The van der Waals surface area contributed by atoms with Crippen LogP contribution in [0.5, 0.6) is 0 Å². The molecular formula is C11H13NO2. The Balaban J connectivity index is 2.17. The Hall–Kier alpha value is -1.22. The van der Waals surface area contributed by atoms with Crippen LogP contribution < -0.4 is 0 Å². The standard InChI is InChI=1S/C11H13NO2/c1-8-6-9(2-4-12-8)11-7-10(13)3-5-14-11/h2,4,6,11H,3,5,7H2,1H3. The lowest BCUT2D eigenvalue weighted by molar-refractivity contribution is -0.128. The van der Waals surface area contributed by atoms with Crippen molar-refractivity contribution in [3.8, 4) is 0 Å². The van der Waals surface area contributed by atoms with E-state index in [1.165, 1.54) is 0 Å². The monoisotopic (exact) mass is 191 g/mol. The van der Waals surface area contributed by atoms with Gasteiger partial charge in [0.15, 0.2) is 0 Å².